The highest BCUT2D eigenvalue weighted by atomic mass is 19.4. The lowest BCUT2D eigenvalue weighted by Crippen LogP contribution is -2.52. The summed E-state index contributed by atoms with van der Waals surface area (Å²) in [6.45, 7) is 4.86. The molecule has 3 aliphatic rings. The summed E-state index contributed by atoms with van der Waals surface area (Å²) in [5.41, 5.74) is 2.20. The first-order valence-corrected chi connectivity index (χ1v) is 12.3. The number of nitrogens with zero attached hydrogens (tertiary/aromatic N) is 5. The highest BCUT2D eigenvalue weighted by Gasteiger charge is 2.33. The van der Waals surface area contributed by atoms with Gasteiger partial charge in [0.05, 0.1) is 12.1 Å². The number of hydrogen-bond donors (Lipinski definition) is 0. The second kappa shape index (κ2) is 10.0. The van der Waals surface area contributed by atoms with Crippen molar-refractivity contribution in [1.82, 2.24) is 19.8 Å². The van der Waals surface area contributed by atoms with Gasteiger partial charge in [0.2, 0.25) is 11.9 Å². The van der Waals surface area contributed by atoms with Crippen LogP contribution in [0, 0.1) is 0 Å². The number of benzene rings is 1. The van der Waals surface area contributed by atoms with Gasteiger partial charge in [0, 0.05) is 63.5 Å². The van der Waals surface area contributed by atoms with Crippen molar-refractivity contribution >= 4 is 11.9 Å². The van der Waals surface area contributed by atoms with Gasteiger partial charge in [-0.25, -0.2) is 9.97 Å². The summed E-state index contributed by atoms with van der Waals surface area (Å²) in [5, 5.41) is 0. The number of ether oxygens (including phenoxy) is 1. The SMILES string of the molecule is O=C(Cc1ccccc1OC(F)(F)F)N1CCc2cnc(N3CCN(C4CCC4)CC3)nc2CC1. The molecule has 10 heteroatoms. The van der Waals surface area contributed by atoms with Gasteiger partial charge in [0.15, 0.2) is 0 Å². The van der Waals surface area contributed by atoms with Crippen molar-refractivity contribution in [3.8, 4) is 5.75 Å². The molecule has 188 valence electrons. The molecule has 2 aromatic rings. The molecule has 2 fully saturated rings. The average molecular weight is 490 g/mol. The van der Waals surface area contributed by atoms with Crippen LogP contribution in [0.25, 0.3) is 0 Å². The van der Waals surface area contributed by atoms with Crippen LogP contribution in [0.1, 0.15) is 36.1 Å². The maximum Gasteiger partial charge on any atom is 0.573 e. The maximum atomic E-state index is 13.0. The van der Waals surface area contributed by atoms with Gasteiger partial charge in [-0.05, 0) is 30.9 Å². The van der Waals surface area contributed by atoms with Crippen molar-refractivity contribution in [3.05, 3.63) is 47.3 Å². The van der Waals surface area contributed by atoms with Crippen LogP contribution < -0.4 is 9.64 Å². The number of fused-ring (bicyclic) bond motifs is 1. The molecule has 0 bridgehead atoms. The fourth-order valence-corrected chi connectivity index (χ4v) is 5.05. The number of carbonyl (C=O) groups excluding carboxylic acids is 1. The van der Waals surface area contributed by atoms with Crippen molar-refractivity contribution in [1.29, 1.82) is 0 Å². The lowest BCUT2D eigenvalue weighted by molar-refractivity contribution is -0.274. The number of aromatic nitrogens is 2. The van der Waals surface area contributed by atoms with E-state index < -0.39 is 6.36 Å². The largest absolute Gasteiger partial charge is 0.573 e. The number of piperazine rings is 1. The van der Waals surface area contributed by atoms with Crippen LogP contribution in [0.5, 0.6) is 5.75 Å². The van der Waals surface area contributed by atoms with E-state index in [1.807, 2.05) is 6.20 Å². The van der Waals surface area contributed by atoms with Gasteiger partial charge in [-0.1, -0.05) is 24.6 Å². The van der Waals surface area contributed by atoms with Crippen LogP contribution in [-0.4, -0.2) is 77.3 Å². The molecule has 1 saturated carbocycles. The molecular formula is C25H30F3N5O2. The highest BCUT2D eigenvalue weighted by Crippen LogP contribution is 2.28. The first-order valence-electron chi connectivity index (χ1n) is 12.3. The number of alkyl halides is 3. The van der Waals surface area contributed by atoms with Crippen LogP contribution >= 0.6 is 0 Å². The number of rotatable bonds is 5. The van der Waals surface area contributed by atoms with Crippen molar-refractivity contribution in [2.75, 3.05) is 44.2 Å². The van der Waals surface area contributed by atoms with Crippen molar-refractivity contribution in [3.63, 3.8) is 0 Å². The summed E-state index contributed by atoms with van der Waals surface area (Å²) >= 11 is 0. The molecule has 0 radical (unpaired) electrons. The predicted molar refractivity (Wildman–Crippen MR) is 124 cm³/mol. The Labute approximate surface area is 202 Å². The second-order valence-corrected chi connectivity index (χ2v) is 9.46. The van der Waals surface area contributed by atoms with E-state index in [0.717, 1.165) is 49.4 Å². The molecule has 1 saturated heterocycles. The molecule has 0 spiro atoms. The normalized spacial score (nSPS) is 19.6. The minimum Gasteiger partial charge on any atom is -0.405 e. The summed E-state index contributed by atoms with van der Waals surface area (Å²) < 4.78 is 42.3. The van der Waals surface area contributed by atoms with E-state index in [1.165, 1.54) is 37.5 Å². The quantitative estimate of drug-likeness (QED) is 0.643. The van der Waals surface area contributed by atoms with Gasteiger partial charge in [-0.3, -0.25) is 9.69 Å². The van der Waals surface area contributed by atoms with Crippen LogP contribution in [0.3, 0.4) is 0 Å². The van der Waals surface area contributed by atoms with Gasteiger partial charge in [-0.2, -0.15) is 0 Å². The minimum atomic E-state index is -4.80. The summed E-state index contributed by atoms with van der Waals surface area (Å²) in [6, 6.07) is 6.54. The Balaban J connectivity index is 1.20. The smallest absolute Gasteiger partial charge is 0.405 e. The van der Waals surface area contributed by atoms with Crippen LogP contribution in [0.4, 0.5) is 19.1 Å². The number of carbonyl (C=O) groups is 1. The van der Waals surface area contributed by atoms with Crippen LogP contribution in [0.15, 0.2) is 30.5 Å². The van der Waals surface area contributed by atoms with Gasteiger partial charge in [0.1, 0.15) is 5.75 Å². The number of amides is 1. The fourth-order valence-electron chi connectivity index (χ4n) is 5.05. The van der Waals surface area contributed by atoms with Crippen molar-refractivity contribution < 1.29 is 22.7 Å². The third-order valence-electron chi connectivity index (χ3n) is 7.29. The average Bonchev–Trinajstić information content (AvgIpc) is 3.01. The monoisotopic (exact) mass is 489 g/mol. The van der Waals surface area contributed by atoms with E-state index in [-0.39, 0.29) is 23.6 Å². The molecule has 0 N–H and O–H groups in total. The van der Waals surface area contributed by atoms with E-state index in [0.29, 0.717) is 25.9 Å². The number of para-hydroxylation sites is 1. The number of hydrogen-bond acceptors (Lipinski definition) is 6. The minimum absolute atomic E-state index is 0.148. The zero-order valence-corrected chi connectivity index (χ0v) is 19.6. The molecule has 1 aliphatic carbocycles. The van der Waals surface area contributed by atoms with E-state index in [4.69, 9.17) is 4.98 Å². The predicted octanol–water partition coefficient (Wildman–Crippen LogP) is 3.22. The van der Waals surface area contributed by atoms with E-state index >= 15 is 0 Å². The first-order chi connectivity index (χ1) is 16.9. The molecule has 1 aromatic carbocycles. The molecule has 35 heavy (non-hydrogen) atoms. The fraction of sp³-hybridized carbons (Fsp3) is 0.560. The zero-order valence-electron chi connectivity index (χ0n) is 19.6. The topological polar surface area (TPSA) is 61.8 Å². The Hall–Kier alpha value is -2.88. The van der Waals surface area contributed by atoms with E-state index in [2.05, 4.69) is 19.5 Å². The third-order valence-corrected chi connectivity index (χ3v) is 7.29. The molecule has 3 heterocycles. The Kier molecular flexibility index (Phi) is 6.82. The molecule has 2 aliphatic heterocycles. The van der Waals surface area contributed by atoms with E-state index in [9.17, 15) is 18.0 Å². The summed E-state index contributed by atoms with van der Waals surface area (Å²) in [6.07, 6.45) is 2.10. The van der Waals surface area contributed by atoms with E-state index in [1.54, 1.807) is 11.0 Å². The molecule has 1 aromatic heterocycles. The molecule has 1 amide bonds. The summed E-state index contributed by atoms with van der Waals surface area (Å²) in [5.74, 6) is 0.186. The van der Waals surface area contributed by atoms with Gasteiger partial charge >= 0.3 is 6.36 Å². The van der Waals surface area contributed by atoms with Gasteiger partial charge in [0.25, 0.3) is 0 Å². The molecule has 0 unspecified atom stereocenters. The maximum absolute atomic E-state index is 13.0. The van der Waals surface area contributed by atoms with Crippen LogP contribution in [0.2, 0.25) is 0 Å². The van der Waals surface area contributed by atoms with Gasteiger partial charge < -0.3 is 14.5 Å². The molecule has 5 rings (SSSR count). The highest BCUT2D eigenvalue weighted by molar-refractivity contribution is 5.79. The zero-order chi connectivity index (χ0) is 24.4. The Morgan fingerprint density at radius 1 is 1.03 bits per heavy atom. The summed E-state index contributed by atoms with van der Waals surface area (Å²) in [4.78, 5) is 28.9. The molecule has 7 nitrogen and oxygen atoms in total. The Morgan fingerprint density at radius 2 is 1.77 bits per heavy atom. The van der Waals surface area contributed by atoms with Gasteiger partial charge in [-0.15, -0.1) is 13.2 Å². The summed E-state index contributed by atoms with van der Waals surface area (Å²) in [7, 11) is 0. The lowest BCUT2D eigenvalue weighted by atomic mass is 9.91. The Bertz CT molecular complexity index is 1050. The third kappa shape index (κ3) is 5.69. The Morgan fingerprint density at radius 3 is 2.49 bits per heavy atom. The second-order valence-electron chi connectivity index (χ2n) is 9.46. The number of halogens is 3. The number of anilines is 1. The standard InChI is InChI=1S/C25H30F3N5O2/c26-25(27,28)35-22-7-2-1-4-18(22)16-23(34)32-10-8-19-17-29-24(30-21(19)9-11-32)33-14-12-31(13-15-33)20-5-3-6-20/h1-2,4,7,17,20H,3,5-6,8-16H2. The first kappa shape index (κ1) is 23.8. The lowest BCUT2D eigenvalue weighted by Gasteiger charge is -2.43. The molecule has 0 atom stereocenters. The van der Waals surface area contributed by atoms with Crippen molar-refractivity contribution in [2.45, 2.75) is 50.9 Å². The van der Waals surface area contributed by atoms with Crippen molar-refractivity contribution in [2.24, 2.45) is 0 Å². The van der Waals surface area contributed by atoms with Crippen LogP contribution in [-0.2, 0) is 24.1 Å². The molecular weight excluding hydrogens is 459 g/mol.